The Balaban J connectivity index is 2.29. The van der Waals surface area contributed by atoms with E-state index < -0.39 is 16.1 Å². The van der Waals surface area contributed by atoms with Crippen LogP contribution in [0.25, 0.3) is 0 Å². The lowest BCUT2D eigenvalue weighted by Gasteiger charge is -2.12. The summed E-state index contributed by atoms with van der Waals surface area (Å²) in [5.74, 6) is 0.302. The average molecular weight is 316 g/mol. The Hall–Kier alpha value is -1.36. The van der Waals surface area contributed by atoms with Crippen molar-refractivity contribution in [2.75, 3.05) is 7.05 Å². The molecule has 2 rings (SSSR count). The molecule has 0 spiro atoms. The average Bonchev–Trinajstić information content (AvgIpc) is 2.99. The zero-order chi connectivity index (χ0) is 14.8. The highest BCUT2D eigenvalue weighted by molar-refractivity contribution is 7.89. The number of rotatable bonds is 6. The van der Waals surface area contributed by atoms with Gasteiger partial charge in [0.25, 0.3) is 0 Å². The van der Waals surface area contributed by atoms with Crippen LogP contribution < -0.4 is 10.0 Å². The van der Waals surface area contributed by atoms with E-state index in [-0.39, 0.29) is 0 Å². The second-order valence-corrected chi connectivity index (χ2v) is 6.93. The molecule has 0 aliphatic heterocycles. The van der Waals surface area contributed by atoms with E-state index in [0.717, 1.165) is 10.4 Å². The van der Waals surface area contributed by atoms with Crippen LogP contribution in [0.5, 0.6) is 0 Å². The molecular formula is C10H16N6O2S2. The predicted octanol–water partition coefficient (Wildman–Crippen LogP) is 0.329. The lowest BCUT2D eigenvalue weighted by Crippen LogP contribution is -2.28. The van der Waals surface area contributed by atoms with Crippen LogP contribution in [0.3, 0.4) is 0 Å². The van der Waals surface area contributed by atoms with E-state index in [1.165, 1.54) is 11.3 Å². The summed E-state index contributed by atoms with van der Waals surface area (Å²) in [6.45, 7) is 3.95. The monoisotopic (exact) mass is 316 g/mol. The third-order valence-corrected chi connectivity index (χ3v) is 5.68. The second kappa shape index (κ2) is 5.95. The Morgan fingerprint density at radius 2 is 2.25 bits per heavy atom. The number of aromatic amines is 1. The maximum Gasteiger partial charge on any atom is 0.242 e. The third kappa shape index (κ3) is 3.03. The maximum atomic E-state index is 12.5. The molecule has 0 radical (unpaired) electrons. The van der Waals surface area contributed by atoms with Crippen molar-refractivity contribution in [3.8, 4) is 0 Å². The normalized spacial score (nSPS) is 13.6. The topological polar surface area (TPSA) is 113 Å². The molecule has 0 saturated heterocycles. The minimum absolute atomic E-state index is 0.302. The number of thiophene rings is 1. The maximum absolute atomic E-state index is 12.5. The Morgan fingerprint density at radius 3 is 2.85 bits per heavy atom. The molecule has 0 fully saturated rings. The van der Waals surface area contributed by atoms with Gasteiger partial charge in [-0.2, -0.15) is 5.21 Å². The van der Waals surface area contributed by atoms with Crippen LogP contribution in [0.15, 0.2) is 10.3 Å². The molecule has 2 aromatic rings. The van der Waals surface area contributed by atoms with E-state index in [1.54, 1.807) is 20.9 Å². The molecule has 0 saturated carbocycles. The van der Waals surface area contributed by atoms with Crippen LogP contribution >= 0.6 is 11.3 Å². The smallest absolute Gasteiger partial charge is 0.242 e. The fraction of sp³-hybridized carbons (Fsp3) is 0.500. The van der Waals surface area contributed by atoms with Crippen LogP contribution in [0.2, 0.25) is 0 Å². The van der Waals surface area contributed by atoms with Crippen molar-refractivity contribution in [3.63, 3.8) is 0 Å². The summed E-state index contributed by atoms with van der Waals surface area (Å²) < 4.78 is 27.6. The van der Waals surface area contributed by atoms with Gasteiger partial charge in [-0.05, 0) is 31.8 Å². The van der Waals surface area contributed by atoms with E-state index in [4.69, 9.17) is 0 Å². The van der Waals surface area contributed by atoms with Crippen LogP contribution in [0, 0.1) is 6.92 Å². The van der Waals surface area contributed by atoms with E-state index >= 15 is 0 Å². The van der Waals surface area contributed by atoms with Crippen molar-refractivity contribution in [2.24, 2.45) is 0 Å². The molecule has 0 aliphatic rings. The lowest BCUT2D eigenvalue weighted by molar-refractivity contribution is 0.558. The van der Waals surface area contributed by atoms with Gasteiger partial charge in [0.1, 0.15) is 4.90 Å². The second-order valence-electron chi connectivity index (χ2n) is 4.31. The fourth-order valence-corrected chi connectivity index (χ4v) is 4.85. The van der Waals surface area contributed by atoms with Crippen molar-refractivity contribution >= 4 is 21.4 Å². The Bertz CT molecular complexity index is 664. The first kappa shape index (κ1) is 15.0. The molecule has 8 nitrogen and oxygen atoms in total. The molecule has 2 aromatic heterocycles. The van der Waals surface area contributed by atoms with Gasteiger partial charge in [-0.15, -0.1) is 21.5 Å². The number of nitrogens with zero attached hydrogens (tertiary/aromatic N) is 3. The number of nitrogens with one attached hydrogen (secondary N) is 3. The first-order chi connectivity index (χ1) is 9.45. The van der Waals surface area contributed by atoms with Gasteiger partial charge in [-0.25, -0.2) is 13.1 Å². The molecule has 1 unspecified atom stereocenters. The van der Waals surface area contributed by atoms with Crippen LogP contribution in [-0.2, 0) is 16.6 Å². The highest BCUT2D eigenvalue weighted by atomic mass is 32.2. The van der Waals surface area contributed by atoms with Gasteiger partial charge in [-0.3, -0.25) is 0 Å². The van der Waals surface area contributed by atoms with Crippen molar-refractivity contribution in [3.05, 3.63) is 21.6 Å². The van der Waals surface area contributed by atoms with Gasteiger partial charge in [0.2, 0.25) is 10.0 Å². The largest absolute Gasteiger partial charge is 0.315 e. The quantitative estimate of drug-likeness (QED) is 0.708. The highest BCUT2D eigenvalue weighted by Crippen LogP contribution is 2.27. The summed E-state index contributed by atoms with van der Waals surface area (Å²) in [4.78, 5) is 1.10. The molecule has 110 valence electrons. The number of H-pyrrole nitrogens is 1. The van der Waals surface area contributed by atoms with Crippen molar-refractivity contribution in [1.29, 1.82) is 0 Å². The van der Waals surface area contributed by atoms with Crippen molar-refractivity contribution in [1.82, 2.24) is 30.7 Å². The summed E-state index contributed by atoms with van der Waals surface area (Å²) in [5, 5.41) is 18.1. The number of hydrogen-bond donors (Lipinski definition) is 3. The first-order valence-corrected chi connectivity index (χ1v) is 8.29. The molecule has 3 N–H and O–H groups in total. The number of tetrazole rings is 1. The van der Waals surface area contributed by atoms with Crippen LogP contribution in [-0.4, -0.2) is 36.1 Å². The summed E-state index contributed by atoms with van der Waals surface area (Å²) in [6, 6.07) is -0.555. The predicted molar refractivity (Wildman–Crippen MR) is 74.7 cm³/mol. The molecule has 0 bridgehead atoms. The Kier molecular flexibility index (Phi) is 4.48. The van der Waals surface area contributed by atoms with E-state index in [0.29, 0.717) is 17.3 Å². The van der Waals surface area contributed by atoms with E-state index in [2.05, 4.69) is 30.7 Å². The van der Waals surface area contributed by atoms with Crippen molar-refractivity contribution < 1.29 is 8.42 Å². The molecule has 1 atom stereocenters. The zero-order valence-corrected chi connectivity index (χ0v) is 13.0. The molecule has 10 heteroatoms. The summed E-state index contributed by atoms with van der Waals surface area (Å²) in [6.07, 6.45) is 0. The van der Waals surface area contributed by atoms with Gasteiger partial charge in [0.15, 0.2) is 5.82 Å². The van der Waals surface area contributed by atoms with Gasteiger partial charge < -0.3 is 5.32 Å². The minimum Gasteiger partial charge on any atom is -0.315 e. The number of aromatic nitrogens is 4. The third-order valence-electron chi connectivity index (χ3n) is 2.68. The van der Waals surface area contributed by atoms with E-state index in [1.807, 2.05) is 5.38 Å². The number of sulfonamides is 1. The summed E-state index contributed by atoms with van der Waals surface area (Å²) >= 11 is 1.42. The first-order valence-electron chi connectivity index (χ1n) is 5.93. The number of aryl methyl sites for hydroxylation is 1. The van der Waals surface area contributed by atoms with Gasteiger partial charge >= 0.3 is 0 Å². The van der Waals surface area contributed by atoms with Gasteiger partial charge in [-0.1, -0.05) is 5.21 Å². The molecule has 0 aromatic carbocycles. The van der Waals surface area contributed by atoms with Gasteiger partial charge in [0, 0.05) is 11.4 Å². The molecule has 0 amide bonds. The van der Waals surface area contributed by atoms with E-state index in [9.17, 15) is 8.42 Å². The van der Waals surface area contributed by atoms with Crippen molar-refractivity contribution in [2.45, 2.75) is 31.3 Å². The van der Waals surface area contributed by atoms with Crippen LogP contribution in [0.4, 0.5) is 0 Å². The SMILES string of the molecule is CNCc1scc(C)c1S(=O)(=O)NC(C)c1nn[nH]n1. The Morgan fingerprint density at radius 1 is 1.50 bits per heavy atom. The Labute approximate surface area is 121 Å². The standard InChI is InChI=1S/C10H16N6O2S2/c1-6-5-19-8(4-11-3)9(6)20(17,18)14-7(2)10-12-15-16-13-10/h5,7,11,14H,4H2,1-3H3,(H,12,13,15,16). The summed E-state index contributed by atoms with van der Waals surface area (Å²) in [5.41, 5.74) is 0.730. The zero-order valence-electron chi connectivity index (χ0n) is 11.3. The molecular weight excluding hydrogens is 300 g/mol. The molecule has 20 heavy (non-hydrogen) atoms. The fourth-order valence-electron chi connectivity index (χ4n) is 1.83. The molecule has 0 aliphatic carbocycles. The summed E-state index contributed by atoms with van der Waals surface area (Å²) in [7, 11) is -1.85. The van der Waals surface area contributed by atoms with Crippen LogP contribution in [0.1, 0.15) is 29.2 Å². The van der Waals surface area contributed by atoms with Gasteiger partial charge in [0.05, 0.1) is 6.04 Å². The minimum atomic E-state index is -3.63. The highest BCUT2D eigenvalue weighted by Gasteiger charge is 2.26. The molecule has 2 heterocycles. The number of hydrogen-bond acceptors (Lipinski definition) is 7. The lowest BCUT2D eigenvalue weighted by atomic mass is 10.3.